The number of rotatable bonds is 6. The van der Waals surface area contributed by atoms with Crippen LogP contribution in [-0.2, 0) is 16.0 Å². The van der Waals surface area contributed by atoms with Gasteiger partial charge in [0.15, 0.2) is 0 Å². The second-order valence-electron chi connectivity index (χ2n) is 8.12. The second kappa shape index (κ2) is 11.4. The summed E-state index contributed by atoms with van der Waals surface area (Å²) in [5, 5.41) is 2.38. The molecule has 0 aliphatic carbocycles. The lowest BCUT2D eigenvalue weighted by atomic mass is 10.0. The maximum Gasteiger partial charge on any atom is 0.573 e. The third kappa shape index (κ3) is 9.46. The molecule has 34 heavy (non-hydrogen) atoms. The fourth-order valence-corrected chi connectivity index (χ4v) is 2.85. The molecule has 0 saturated carbocycles. The molecule has 1 atom stereocenters. The van der Waals surface area contributed by atoms with E-state index in [1.807, 2.05) is 0 Å². The molecule has 2 rings (SSSR count). The Morgan fingerprint density at radius 2 is 1.53 bits per heavy atom. The lowest BCUT2D eigenvalue weighted by Gasteiger charge is -2.27. The predicted molar refractivity (Wildman–Crippen MR) is 120 cm³/mol. The molecule has 0 unspecified atom stereocenters. The fraction of sp³-hybridized carbons (Fsp3) is 0.364. The van der Waals surface area contributed by atoms with Crippen molar-refractivity contribution < 1.29 is 41.0 Å². The van der Waals surface area contributed by atoms with Crippen LogP contribution in [0.1, 0.15) is 26.3 Å². The van der Waals surface area contributed by atoms with Gasteiger partial charge in [0.1, 0.15) is 29.0 Å². The Labute approximate surface area is 200 Å². The van der Waals surface area contributed by atoms with Gasteiger partial charge >= 0.3 is 12.5 Å². The summed E-state index contributed by atoms with van der Waals surface area (Å²) in [6, 6.07) is 5.87. The average molecular weight is 509 g/mol. The molecule has 0 saturated heterocycles. The van der Waals surface area contributed by atoms with E-state index in [9.17, 15) is 31.5 Å². The standard InChI is InChI=1S/C22H23F5N2O4.H2S/c1-21(2,3)33-20(31)28-18(11-13-9-14(23)12-15(24)10-13)19(30)29(4)16-5-7-17(8-6-16)32-22(25,26)27;/h5-10,12,18H,11H2,1-4H3,(H,28,31);1H2/t18-;/m0./s1. The summed E-state index contributed by atoms with van der Waals surface area (Å²) >= 11 is 0. The molecule has 0 aromatic heterocycles. The van der Waals surface area contributed by atoms with Crippen LogP contribution >= 0.6 is 13.5 Å². The number of carbonyl (C=O) groups excluding carboxylic acids is 2. The van der Waals surface area contributed by atoms with Crippen molar-refractivity contribution in [1.29, 1.82) is 0 Å². The molecule has 2 amide bonds. The number of likely N-dealkylation sites (N-methyl/N-ethyl adjacent to an activating group) is 1. The molecule has 1 N–H and O–H groups in total. The number of amides is 2. The number of nitrogens with one attached hydrogen (secondary N) is 1. The number of alkyl halides is 3. The normalized spacial score (nSPS) is 12.3. The van der Waals surface area contributed by atoms with Crippen molar-refractivity contribution in [2.24, 2.45) is 0 Å². The Hall–Kier alpha value is -3.02. The zero-order chi connectivity index (χ0) is 25.0. The van der Waals surface area contributed by atoms with Crippen molar-refractivity contribution in [2.45, 2.75) is 45.2 Å². The van der Waals surface area contributed by atoms with Crippen LogP contribution in [0.5, 0.6) is 5.75 Å². The molecule has 2 aromatic carbocycles. The van der Waals surface area contributed by atoms with E-state index in [4.69, 9.17) is 4.74 Å². The van der Waals surface area contributed by atoms with E-state index in [0.29, 0.717) is 6.07 Å². The van der Waals surface area contributed by atoms with Gasteiger partial charge in [0.25, 0.3) is 0 Å². The minimum absolute atomic E-state index is 0. The molecule has 0 aliphatic rings. The van der Waals surface area contributed by atoms with Gasteiger partial charge in [-0.1, -0.05) is 0 Å². The molecule has 6 nitrogen and oxygen atoms in total. The highest BCUT2D eigenvalue weighted by molar-refractivity contribution is 7.59. The Balaban J connectivity index is 0.00000578. The molecular weight excluding hydrogens is 483 g/mol. The SMILES string of the molecule is CN(C(=O)[C@H](Cc1cc(F)cc(F)c1)NC(=O)OC(C)(C)C)c1ccc(OC(F)(F)F)cc1.S. The highest BCUT2D eigenvalue weighted by Crippen LogP contribution is 2.25. The van der Waals surface area contributed by atoms with E-state index >= 15 is 0 Å². The highest BCUT2D eigenvalue weighted by Gasteiger charge is 2.31. The van der Waals surface area contributed by atoms with Gasteiger partial charge in [0.2, 0.25) is 5.91 Å². The summed E-state index contributed by atoms with van der Waals surface area (Å²) in [6.07, 6.45) is -6.07. The van der Waals surface area contributed by atoms with E-state index < -0.39 is 47.4 Å². The molecule has 2 aromatic rings. The van der Waals surface area contributed by atoms with E-state index in [-0.39, 0.29) is 31.2 Å². The third-order valence-corrected chi connectivity index (χ3v) is 4.14. The Morgan fingerprint density at radius 3 is 2.00 bits per heavy atom. The van der Waals surface area contributed by atoms with Crippen LogP contribution in [0.2, 0.25) is 0 Å². The summed E-state index contributed by atoms with van der Waals surface area (Å²) in [4.78, 5) is 26.4. The van der Waals surface area contributed by atoms with Gasteiger partial charge < -0.3 is 19.7 Å². The molecule has 188 valence electrons. The number of ether oxygens (including phenoxy) is 2. The predicted octanol–water partition coefficient (Wildman–Crippen LogP) is 5.08. The first-order chi connectivity index (χ1) is 15.1. The summed E-state index contributed by atoms with van der Waals surface area (Å²) in [7, 11) is 1.33. The Bertz CT molecular complexity index is 974. The molecule has 0 radical (unpaired) electrons. The monoisotopic (exact) mass is 508 g/mol. The largest absolute Gasteiger partial charge is 0.573 e. The lowest BCUT2D eigenvalue weighted by molar-refractivity contribution is -0.274. The first kappa shape index (κ1) is 29.0. The van der Waals surface area contributed by atoms with Gasteiger partial charge in [-0.2, -0.15) is 13.5 Å². The zero-order valence-electron chi connectivity index (χ0n) is 18.8. The zero-order valence-corrected chi connectivity index (χ0v) is 19.8. The number of anilines is 1. The minimum atomic E-state index is -4.87. The van der Waals surface area contributed by atoms with E-state index in [2.05, 4.69) is 10.1 Å². The van der Waals surface area contributed by atoms with Crippen LogP contribution in [0.3, 0.4) is 0 Å². The summed E-state index contributed by atoms with van der Waals surface area (Å²) in [5.41, 5.74) is -0.580. The first-order valence-corrected chi connectivity index (χ1v) is 9.71. The van der Waals surface area contributed by atoms with E-state index in [1.165, 1.54) is 19.2 Å². The number of halogens is 5. The number of hydrogen-bond acceptors (Lipinski definition) is 4. The molecule has 0 heterocycles. The smallest absolute Gasteiger partial charge is 0.444 e. The number of benzene rings is 2. The molecular formula is C22H25F5N2O4S. The molecule has 0 spiro atoms. The van der Waals surface area contributed by atoms with Crippen molar-refractivity contribution in [3.8, 4) is 5.75 Å². The van der Waals surface area contributed by atoms with E-state index in [1.54, 1.807) is 20.8 Å². The van der Waals surface area contributed by atoms with Crippen molar-refractivity contribution in [2.75, 3.05) is 11.9 Å². The van der Waals surface area contributed by atoms with Crippen LogP contribution < -0.4 is 15.0 Å². The second-order valence-corrected chi connectivity index (χ2v) is 8.12. The van der Waals surface area contributed by atoms with Gasteiger partial charge in [-0.15, -0.1) is 13.2 Å². The molecule has 12 heteroatoms. The van der Waals surface area contributed by atoms with E-state index in [0.717, 1.165) is 29.2 Å². The van der Waals surface area contributed by atoms with Crippen LogP contribution in [0.25, 0.3) is 0 Å². The van der Waals surface area contributed by atoms with Crippen molar-refractivity contribution in [3.05, 3.63) is 59.7 Å². The van der Waals surface area contributed by atoms with Gasteiger partial charge in [-0.3, -0.25) is 4.79 Å². The molecule has 0 aliphatic heterocycles. The highest BCUT2D eigenvalue weighted by atomic mass is 32.1. The maximum atomic E-state index is 13.6. The lowest BCUT2D eigenvalue weighted by Crippen LogP contribution is -2.50. The Kier molecular flexibility index (Phi) is 9.73. The number of hydrogen-bond donors (Lipinski definition) is 1. The minimum Gasteiger partial charge on any atom is -0.444 e. The summed E-state index contributed by atoms with van der Waals surface area (Å²) in [5.74, 6) is -2.90. The quantitative estimate of drug-likeness (QED) is 0.553. The topological polar surface area (TPSA) is 67.9 Å². The average Bonchev–Trinajstić information content (AvgIpc) is 2.63. The van der Waals surface area contributed by atoms with Gasteiger partial charge in [0, 0.05) is 25.2 Å². The maximum absolute atomic E-state index is 13.6. The molecule has 0 bridgehead atoms. The van der Waals surface area contributed by atoms with Crippen LogP contribution in [0, 0.1) is 11.6 Å². The number of alkyl carbamates (subject to hydrolysis) is 1. The number of nitrogens with zero attached hydrogens (tertiary/aromatic N) is 1. The van der Waals surface area contributed by atoms with Gasteiger partial charge in [-0.05, 0) is 62.7 Å². The first-order valence-electron chi connectivity index (χ1n) is 9.71. The number of carbonyl (C=O) groups is 2. The third-order valence-electron chi connectivity index (χ3n) is 4.14. The van der Waals surface area contributed by atoms with Crippen molar-refractivity contribution in [1.82, 2.24) is 5.32 Å². The summed E-state index contributed by atoms with van der Waals surface area (Å²) < 4.78 is 73.2. The van der Waals surface area contributed by atoms with Crippen LogP contribution in [-0.4, -0.2) is 37.1 Å². The van der Waals surface area contributed by atoms with Crippen LogP contribution in [0.4, 0.5) is 32.4 Å². The van der Waals surface area contributed by atoms with Crippen LogP contribution in [0.15, 0.2) is 42.5 Å². The van der Waals surface area contributed by atoms with Gasteiger partial charge in [0.05, 0.1) is 0 Å². The van der Waals surface area contributed by atoms with Gasteiger partial charge in [-0.25, -0.2) is 13.6 Å². The summed E-state index contributed by atoms with van der Waals surface area (Å²) in [6.45, 7) is 4.84. The Morgan fingerprint density at radius 1 is 1.00 bits per heavy atom. The van der Waals surface area contributed by atoms with Crippen molar-refractivity contribution in [3.63, 3.8) is 0 Å². The van der Waals surface area contributed by atoms with Crippen molar-refractivity contribution >= 4 is 31.2 Å². The molecule has 0 fully saturated rings. The fourth-order valence-electron chi connectivity index (χ4n) is 2.85.